The molecule has 0 aromatic rings. The lowest BCUT2D eigenvalue weighted by molar-refractivity contribution is -0.166. The van der Waals surface area contributed by atoms with E-state index in [4.69, 9.17) is 0 Å². The van der Waals surface area contributed by atoms with Gasteiger partial charge in [-0.05, 0) is 89.6 Å². The highest BCUT2D eigenvalue weighted by molar-refractivity contribution is 5.85. The topological polar surface area (TPSA) is 226 Å². The maximum atomic E-state index is 12.2. The summed E-state index contributed by atoms with van der Waals surface area (Å²) in [5.41, 5.74) is 0. The number of amides is 5. The van der Waals surface area contributed by atoms with Crippen LogP contribution in [-0.4, -0.2) is 118 Å². The number of carbonyl (C=O) groups is 7. The molecule has 304 valence electrons. The average molecular weight is 755 g/mol. The van der Waals surface area contributed by atoms with Crippen molar-refractivity contribution in [1.82, 2.24) is 31.1 Å². The number of Topliss-reactive ketones (excluding diaryl/α,β-unsaturated/α-hetero) is 2. The van der Waals surface area contributed by atoms with Gasteiger partial charge in [0.15, 0.2) is 0 Å². The van der Waals surface area contributed by atoms with Crippen LogP contribution in [0, 0.1) is 5.92 Å². The highest BCUT2D eigenvalue weighted by Crippen LogP contribution is 2.18. The minimum Gasteiger partial charge on any atom is -0.356 e. The number of piperidine rings is 1. The van der Waals surface area contributed by atoms with E-state index in [2.05, 4.69) is 16.0 Å². The molecule has 0 spiro atoms. The van der Waals surface area contributed by atoms with Gasteiger partial charge in [0.2, 0.25) is 29.5 Å². The molecule has 16 nitrogen and oxygen atoms in total. The largest absolute Gasteiger partial charge is 0.356 e. The van der Waals surface area contributed by atoms with E-state index in [0.717, 1.165) is 45.2 Å². The molecule has 5 amide bonds. The number of rotatable bonds is 31. The van der Waals surface area contributed by atoms with E-state index in [-0.39, 0.29) is 81.5 Å². The molecule has 0 aliphatic carbocycles. The number of unbranched alkanes of at least 4 members (excludes halogenated alkanes) is 7. The van der Waals surface area contributed by atoms with Crippen molar-refractivity contribution in [3.05, 3.63) is 0 Å². The number of ketones is 2. The van der Waals surface area contributed by atoms with Crippen molar-refractivity contribution in [3.63, 3.8) is 0 Å². The first kappa shape index (κ1) is 47.6. The second kappa shape index (κ2) is 29.9. The molecule has 1 aliphatic heterocycles. The molecule has 0 atom stereocenters. The van der Waals surface area contributed by atoms with E-state index >= 15 is 0 Å². The monoisotopic (exact) mass is 754 g/mol. The molecule has 1 aliphatic rings. The predicted molar refractivity (Wildman–Crippen MR) is 196 cm³/mol. The molecule has 0 bridgehead atoms. The van der Waals surface area contributed by atoms with Gasteiger partial charge in [-0.25, -0.2) is 15.2 Å². The van der Waals surface area contributed by atoms with Crippen molar-refractivity contribution < 1.29 is 49.2 Å². The molecule has 16 heteroatoms. The zero-order valence-electron chi connectivity index (χ0n) is 31.9. The summed E-state index contributed by atoms with van der Waals surface area (Å²) in [6.45, 7) is 4.61. The van der Waals surface area contributed by atoms with Crippen molar-refractivity contribution in [2.24, 2.45) is 5.92 Å². The van der Waals surface area contributed by atoms with Crippen LogP contribution in [0.5, 0.6) is 0 Å². The van der Waals surface area contributed by atoms with E-state index in [1.54, 1.807) is 0 Å². The second-order valence-electron chi connectivity index (χ2n) is 14.0. The van der Waals surface area contributed by atoms with E-state index in [9.17, 15) is 49.2 Å². The summed E-state index contributed by atoms with van der Waals surface area (Å²) in [7, 11) is 0. The van der Waals surface area contributed by atoms with Gasteiger partial charge >= 0.3 is 0 Å². The summed E-state index contributed by atoms with van der Waals surface area (Å²) < 4.78 is 0. The lowest BCUT2D eigenvalue weighted by atomic mass is 9.92. The zero-order valence-corrected chi connectivity index (χ0v) is 31.9. The Morgan fingerprint density at radius 3 is 1.51 bits per heavy atom. The van der Waals surface area contributed by atoms with Crippen LogP contribution in [0.2, 0.25) is 0 Å². The van der Waals surface area contributed by atoms with Crippen molar-refractivity contribution in [2.45, 2.75) is 142 Å². The van der Waals surface area contributed by atoms with Crippen LogP contribution >= 0.6 is 0 Å². The Bertz CT molecular complexity index is 1120. The van der Waals surface area contributed by atoms with Gasteiger partial charge in [-0.2, -0.15) is 0 Å². The first-order chi connectivity index (χ1) is 25.4. The fraction of sp³-hybridized carbons (Fsp3) is 0.811. The quantitative estimate of drug-likeness (QED) is 0.0342. The molecule has 0 radical (unpaired) electrons. The predicted octanol–water partition coefficient (Wildman–Crippen LogP) is 3.44. The van der Waals surface area contributed by atoms with Crippen molar-refractivity contribution in [1.29, 1.82) is 0 Å². The van der Waals surface area contributed by atoms with E-state index in [1.165, 1.54) is 6.92 Å². The molecule has 0 aromatic heterocycles. The second-order valence-corrected chi connectivity index (χ2v) is 14.0. The molecule has 0 aromatic carbocycles. The molecule has 1 rings (SSSR count). The molecule has 53 heavy (non-hydrogen) atoms. The SMILES string of the molecule is CC(=O)N(O)CCCCCCC(=O)CCC(=O)N(O)CCCCCNC(=O)CCC(=O)N(O)CCCCCNC(=O)CCC(=O)CCC1CCNCC1. The lowest BCUT2D eigenvalue weighted by Gasteiger charge is -2.22. The summed E-state index contributed by atoms with van der Waals surface area (Å²) in [6.07, 6.45) is 10.7. The fourth-order valence-electron chi connectivity index (χ4n) is 5.87. The average Bonchev–Trinajstić information content (AvgIpc) is 3.15. The smallest absolute Gasteiger partial charge is 0.246 e. The Hall–Kier alpha value is -3.47. The number of hydroxylamine groups is 6. The molecule has 1 saturated heterocycles. The van der Waals surface area contributed by atoms with Crippen LogP contribution in [-0.2, 0) is 33.6 Å². The minimum absolute atomic E-state index is 0.0544. The summed E-state index contributed by atoms with van der Waals surface area (Å²) in [5.74, 6) is -1.28. The van der Waals surface area contributed by atoms with Gasteiger partial charge in [0, 0.05) is 91.0 Å². The van der Waals surface area contributed by atoms with E-state index in [1.807, 2.05) is 0 Å². The molecular weight excluding hydrogens is 688 g/mol. The van der Waals surface area contributed by atoms with Crippen LogP contribution < -0.4 is 16.0 Å². The van der Waals surface area contributed by atoms with Gasteiger partial charge in [0.05, 0.1) is 0 Å². The Morgan fingerprint density at radius 1 is 0.528 bits per heavy atom. The lowest BCUT2D eigenvalue weighted by Crippen LogP contribution is -2.31. The third kappa shape index (κ3) is 26.0. The summed E-state index contributed by atoms with van der Waals surface area (Å²) in [6, 6.07) is 0. The van der Waals surface area contributed by atoms with E-state index in [0.29, 0.717) is 98.4 Å². The molecule has 1 heterocycles. The number of carbonyl (C=O) groups excluding carboxylic acids is 7. The number of nitrogens with one attached hydrogen (secondary N) is 3. The first-order valence-electron chi connectivity index (χ1n) is 19.6. The maximum Gasteiger partial charge on any atom is 0.246 e. The van der Waals surface area contributed by atoms with Crippen molar-refractivity contribution >= 4 is 41.1 Å². The van der Waals surface area contributed by atoms with E-state index < -0.39 is 17.7 Å². The maximum absolute atomic E-state index is 12.2. The van der Waals surface area contributed by atoms with Gasteiger partial charge in [-0.3, -0.25) is 49.2 Å². The summed E-state index contributed by atoms with van der Waals surface area (Å²) >= 11 is 0. The highest BCUT2D eigenvalue weighted by atomic mass is 16.5. The summed E-state index contributed by atoms with van der Waals surface area (Å²) in [5, 5.41) is 40.0. The van der Waals surface area contributed by atoms with Gasteiger partial charge in [0.25, 0.3) is 0 Å². The number of hydrogen-bond donors (Lipinski definition) is 6. The van der Waals surface area contributed by atoms with Crippen LogP contribution in [0.3, 0.4) is 0 Å². The molecule has 1 fully saturated rings. The first-order valence-corrected chi connectivity index (χ1v) is 19.6. The number of hydrogen-bond acceptors (Lipinski definition) is 11. The standard InChI is InChI=1S/C37H66N6O10/c1-30(44)41(51)27-9-3-2-6-12-32(45)16-19-36(49)42(52)28-10-5-8-24-40-35(48)18-20-37(50)43(53)29-11-4-7-23-39-34(47)17-15-33(46)14-13-31-21-25-38-26-22-31/h31,38,51-53H,2-29H2,1H3,(H,39,47)(H,40,48). The Balaban J connectivity index is 1.97. The highest BCUT2D eigenvalue weighted by Gasteiger charge is 2.16. The van der Waals surface area contributed by atoms with Gasteiger partial charge < -0.3 is 16.0 Å². The third-order valence-corrected chi connectivity index (χ3v) is 9.36. The normalized spacial score (nSPS) is 12.9. The minimum atomic E-state index is -0.551. The van der Waals surface area contributed by atoms with Crippen LogP contribution in [0.15, 0.2) is 0 Å². The Morgan fingerprint density at radius 2 is 0.962 bits per heavy atom. The fourth-order valence-corrected chi connectivity index (χ4v) is 5.87. The Kier molecular flexibility index (Phi) is 26.8. The number of nitrogens with zero attached hydrogens (tertiary/aromatic N) is 3. The molecule has 6 N–H and O–H groups in total. The molecule has 0 saturated carbocycles. The van der Waals surface area contributed by atoms with Crippen LogP contribution in [0.4, 0.5) is 0 Å². The third-order valence-electron chi connectivity index (χ3n) is 9.36. The van der Waals surface area contributed by atoms with Gasteiger partial charge in [0.1, 0.15) is 11.6 Å². The molecular formula is C37H66N6O10. The van der Waals surface area contributed by atoms with Crippen molar-refractivity contribution in [2.75, 3.05) is 45.8 Å². The van der Waals surface area contributed by atoms with Gasteiger partial charge in [-0.1, -0.05) is 12.8 Å². The van der Waals surface area contributed by atoms with Crippen LogP contribution in [0.1, 0.15) is 142 Å². The van der Waals surface area contributed by atoms with Crippen LogP contribution in [0.25, 0.3) is 0 Å². The molecule has 0 unspecified atom stereocenters. The summed E-state index contributed by atoms with van der Waals surface area (Å²) in [4.78, 5) is 83.5. The Labute approximate surface area is 314 Å². The van der Waals surface area contributed by atoms with Crippen molar-refractivity contribution in [3.8, 4) is 0 Å². The zero-order chi connectivity index (χ0) is 39.3. The van der Waals surface area contributed by atoms with Gasteiger partial charge in [-0.15, -0.1) is 0 Å².